The van der Waals surface area contributed by atoms with Crippen molar-refractivity contribution in [2.24, 2.45) is 0 Å². The predicted molar refractivity (Wildman–Crippen MR) is 121 cm³/mol. The molecule has 1 heterocycles. The molecule has 1 aromatic heterocycles. The van der Waals surface area contributed by atoms with Gasteiger partial charge in [-0.1, -0.05) is 37.5 Å². The Morgan fingerprint density at radius 3 is 2.65 bits per heavy atom. The van der Waals surface area contributed by atoms with Gasteiger partial charge in [-0.3, -0.25) is 4.68 Å². The fourth-order valence-corrected chi connectivity index (χ4v) is 4.52. The number of carboxylic acid groups (broad SMARTS) is 1. The molecule has 182 valence electrons. The molecule has 0 aliphatic heterocycles. The van der Waals surface area contributed by atoms with E-state index in [1.54, 1.807) is 23.0 Å². The van der Waals surface area contributed by atoms with Crippen LogP contribution in [-0.4, -0.2) is 45.3 Å². The van der Waals surface area contributed by atoms with Crippen molar-refractivity contribution in [1.29, 1.82) is 0 Å². The van der Waals surface area contributed by atoms with Gasteiger partial charge in [-0.25, -0.2) is 13.6 Å². The van der Waals surface area contributed by atoms with Gasteiger partial charge in [0.2, 0.25) is 0 Å². The Bertz CT molecular complexity index is 1140. The van der Waals surface area contributed by atoms with Crippen LogP contribution < -0.4 is 4.74 Å². The maximum atomic E-state index is 13.3. The zero-order valence-corrected chi connectivity index (χ0v) is 18.9. The Hall–Kier alpha value is -3.04. The molecule has 0 saturated heterocycles. The second-order valence-corrected chi connectivity index (χ2v) is 8.58. The Balaban J connectivity index is 1.65. The average Bonchev–Trinajstić information content (AvgIpc) is 3.25. The SMILES string of the molecule is COc1cc([C@@H](O)[C@H](Cn2cc3cccc(C(=O)O)c3n2)OC2CCCCC2)ccc1C(F)F. The lowest BCUT2D eigenvalue weighted by atomic mass is 9.96. The molecule has 1 saturated carbocycles. The minimum atomic E-state index is -2.70. The van der Waals surface area contributed by atoms with E-state index in [1.807, 2.05) is 0 Å². The van der Waals surface area contributed by atoms with Crippen molar-refractivity contribution in [3.8, 4) is 5.75 Å². The standard InChI is InChI=1S/C25H28F2N2O5/c1-33-20-12-15(10-11-18(20)24(26)27)23(30)21(34-17-7-3-2-4-8-17)14-29-13-16-6-5-9-19(25(31)32)22(16)28-29/h5-6,9-13,17,21,23-24,30H,2-4,7-8,14H2,1H3,(H,31,32)/t21-,23+/m0/s1. The molecule has 2 aromatic carbocycles. The Labute approximate surface area is 195 Å². The van der Waals surface area contributed by atoms with Crippen molar-refractivity contribution in [3.05, 3.63) is 59.3 Å². The van der Waals surface area contributed by atoms with Crippen LogP contribution in [0.5, 0.6) is 5.75 Å². The predicted octanol–water partition coefficient (Wildman–Crippen LogP) is 5.13. The van der Waals surface area contributed by atoms with Gasteiger partial charge >= 0.3 is 5.97 Å². The molecule has 34 heavy (non-hydrogen) atoms. The number of aromatic carboxylic acids is 1. The van der Waals surface area contributed by atoms with Crippen LogP contribution in [0.3, 0.4) is 0 Å². The summed E-state index contributed by atoms with van der Waals surface area (Å²) < 4.78 is 39.5. The average molecular weight is 475 g/mol. The highest BCUT2D eigenvalue weighted by atomic mass is 19.3. The molecule has 1 aliphatic rings. The van der Waals surface area contributed by atoms with E-state index in [0.29, 0.717) is 16.5 Å². The van der Waals surface area contributed by atoms with E-state index in [4.69, 9.17) is 9.47 Å². The number of aromatic nitrogens is 2. The Morgan fingerprint density at radius 1 is 1.21 bits per heavy atom. The fraction of sp³-hybridized carbons (Fsp3) is 0.440. The first-order chi connectivity index (χ1) is 16.4. The second-order valence-electron chi connectivity index (χ2n) is 8.58. The molecule has 0 unspecified atom stereocenters. The van der Waals surface area contributed by atoms with Crippen LogP contribution in [0.25, 0.3) is 10.9 Å². The topological polar surface area (TPSA) is 93.8 Å². The third-order valence-corrected chi connectivity index (χ3v) is 6.29. The number of hydrogen-bond donors (Lipinski definition) is 2. The van der Waals surface area contributed by atoms with Crippen LogP contribution in [0.4, 0.5) is 8.78 Å². The summed E-state index contributed by atoms with van der Waals surface area (Å²) in [6.07, 6.45) is 2.10. The summed E-state index contributed by atoms with van der Waals surface area (Å²) in [5, 5.41) is 25.8. The maximum absolute atomic E-state index is 13.3. The number of methoxy groups -OCH3 is 1. The summed E-state index contributed by atoms with van der Waals surface area (Å²) in [7, 11) is 1.31. The van der Waals surface area contributed by atoms with Gasteiger partial charge in [-0.2, -0.15) is 5.10 Å². The molecule has 4 rings (SSSR count). The van der Waals surface area contributed by atoms with Gasteiger partial charge in [0, 0.05) is 11.6 Å². The molecule has 7 nitrogen and oxygen atoms in total. The zero-order valence-electron chi connectivity index (χ0n) is 18.9. The van der Waals surface area contributed by atoms with E-state index < -0.39 is 24.6 Å². The number of benzene rings is 2. The minimum absolute atomic E-state index is 0.00102. The molecule has 2 atom stereocenters. The molecular weight excluding hydrogens is 446 g/mol. The lowest BCUT2D eigenvalue weighted by molar-refractivity contribution is -0.0965. The van der Waals surface area contributed by atoms with Crippen LogP contribution in [0, 0.1) is 0 Å². The Morgan fingerprint density at radius 2 is 1.97 bits per heavy atom. The second kappa shape index (κ2) is 10.5. The minimum Gasteiger partial charge on any atom is -0.496 e. The van der Waals surface area contributed by atoms with Crippen LogP contribution >= 0.6 is 0 Å². The molecule has 1 fully saturated rings. The lowest BCUT2D eigenvalue weighted by Crippen LogP contribution is -2.33. The van der Waals surface area contributed by atoms with Gasteiger partial charge in [-0.15, -0.1) is 0 Å². The van der Waals surface area contributed by atoms with Crippen LogP contribution in [-0.2, 0) is 11.3 Å². The highest BCUT2D eigenvalue weighted by molar-refractivity contribution is 6.01. The van der Waals surface area contributed by atoms with Crippen molar-refractivity contribution in [2.45, 2.75) is 63.4 Å². The maximum Gasteiger partial charge on any atom is 0.337 e. The molecular formula is C25H28F2N2O5. The third kappa shape index (κ3) is 5.20. The number of carbonyl (C=O) groups is 1. The van der Waals surface area contributed by atoms with Gasteiger partial charge < -0.3 is 19.7 Å². The fourth-order valence-electron chi connectivity index (χ4n) is 4.52. The number of carboxylic acids is 1. The van der Waals surface area contributed by atoms with E-state index >= 15 is 0 Å². The van der Waals surface area contributed by atoms with Crippen molar-refractivity contribution in [3.63, 3.8) is 0 Å². The number of halogens is 2. The summed E-state index contributed by atoms with van der Waals surface area (Å²) in [6.45, 7) is 0.157. The number of ether oxygens (including phenoxy) is 2. The van der Waals surface area contributed by atoms with E-state index in [9.17, 15) is 23.8 Å². The number of rotatable bonds is 9. The number of aliphatic hydroxyl groups is 1. The number of aliphatic hydroxyl groups excluding tert-OH is 1. The Kier molecular flexibility index (Phi) is 7.43. The largest absolute Gasteiger partial charge is 0.496 e. The molecule has 0 bridgehead atoms. The lowest BCUT2D eigenvalue weighted by Gasteiger charge is -2.31. The summed E-state index contributed by atoms with van der Waals surface area (Å²) in [5.74, 6) is -1.07. The molecule has 9 heteroatoms. The smallest absolute Gasteiger partial charge is 0.337 e. The summed E-state index contributed by atoms with van der Waals surface area (Å²) in [6, 6.07) is 9.02. The van der Waals surface area contributed by atoms with E-state index in [0.717, 1.165) is 32.1 Å². The zero-order chi connectivity index (χ0) is 24.2. The molecule has 2 N–H and O–H groups in total. The molecule has 1 aliphatic carbocycles. The van der Waals surface area contributed by atoms with E-state index in [-0.39, 0.29) is 29.5 Å². The molecule has 0 radical (unpaired) electrons. The van der Waals surface area contributed by atoms with Crippen molar-refractivity contribution < 1.29 is 33.3 Å². The first-order valence-corrected chi connectivity index (χ1v) is 11.4. The first-order valence-electron chi connectivity index (χ1n) is 11.4. The normalized spacial score (nSPS) is 16.6. The van der Waals surface area contributed by atoms with Gasteiger partial charge in [-0.05, 0) is 36.6 Å². The van der Waals surface area contributed by atoms with Crippen LogP contribution in [0.15, 0.2) is 42.6 Å². The van der Waals surface area contributed by atoms with E-state index in [1.165, 1.54) is 31.4 Å². The van der Waals surface area contributed by atoms with Crippen molar-refractivity contribution in [1.82, 2.24) is 9.78 Å². The number of nitrogens with zero attached hydrogens (tertiary/aromatic N) is 2. The van der Waals surface area contributed by atoms with Gasteiger partial charge in [0.15, 0.2) is 0 Å². The molecule has 0 spiro atoms. The van der Waals surface area contributed by atoms with Crippen LogP contribution in [0.1, 0.15) is 66.1 Å². The van der Waals surface area contributed by atoms with Crippen molar-refractivity contribution >= 4 is 16.9 Å². The highest BCUT2D eigenvalue weighted by Crippen LogP contribution is 2.34. The summed E-state index contributed by atoms with van der Waals surface area (Å²) in [5.41, 5.74) is 0.588. The highest BCUT2D eigenvalue weighted by Gasteiger charge is 2.29. The number of hydrogen-bond acceptors (Lipinski definition) is 5. The third-order valence-electron chi connectivity index (χ3n) is 6.29. The molecule has 0 amide bonds. The van der Waals surface area contributed by atoms with Gasteiger partial charge in [0.05, 0.1) is 30.9 Å². The van der Waals surface area contributed by atoms with Gasteiger partial charge in [0.25, 0.3) is 6.43 Å². The van der Waals surface area contributed by atoms with Gasteiger partial charge in [0.1, 0.15) is 23.5 Å². The summed E-state index contributed by atoms with van der Waals surface area (Å²) in [4.78, 5) is 11.6. The monoisotopic (exact) mass is 474 g/mol. The first kappa shape index (κ1) is 24.1. The quantitative estimate of drug-likeness (QED) is 0.447. The van der Waals surface area contributed by atoms with Crippen LogP contribution in [0.2, 0.25) is 0 Å². The van der Waals surface area contributed by atoms with E-state index in [2.05, 4.69) is 5.10 Å². The van der Waals surface area contributed by atoms with Crippen molar-refractivity contribution in [2.75, 3.05) is 7.11 Å². The summed E-state index contributed by atoms with van der Waals surface area (Å²) >= 11 is 0. The number of fused-ring (bicyclic) bond motifs is 1. The number of alkyl halides is 2. The molecule has 3 aromatic rings.